The van der Waals surface area contributed by atoms with Gasteiger partial charge in [0.15, 0.2) is 0 Å². The van der Waals surface area contributed by atoms with Gasteiger partial charge in [0.25, 0.3) is 0 Å². The molecule has 0 aliphatic heterocycles. The molecule has 2 nitrogen and oxygen atoms in total. The minimum atomic E-state index is -1.55. The fraction of sp³-hybridized carbons (Fsp3) is 0.200. The van der Waals surface area contributed by atoms with Crippen molar-refractivity contribution in [3.8, 4) is 5.75 Å². The maximum atomic E-state index is 14.3. The third-order valence-electron chi connectivity index (χ3n) is 3.19. The summed E-state index contributed by atoms with van der Waals surface area (Å²) in [7, 11) is 1.50. The van der Waals surface area contributed by atoms with E-state index in [1.165, 1.54) is 20.1 Å². The second-order valence-electron chi connectivity index (χ2n) is 4.50. The molecule has 1 N–H and O–H groups in total. The number of ether oxygens (including phenoxy) is 1. The number of benzene rings is 2. The maximum Gasteiger partial charge on any atom is 0.149 e. The highest BCUT2D eigenvalue weighted by Crippen LogP contribution is 2.39. The molecule has 0 aliphatic rings. The van der Waals surface area contributed by atoms with Crippen molar-refractivity contribution in [3.05, 3.63) is 62.8 Å². The standard InChI is InChI=1S/C15H13BrClFO2/c1-15(19,9-5-3-4-6-12(9)20-2)10-7-8-11(16)13(17)14(10)18/h3-8,19H,1-2H3. The Morgan fingerprint density at radius 2 is 1.85 bits per heavy atom. The Bertz CT molecular complexity index is 644. The number of aliphatic hydroxyl groups is 1. The molecule has 0 saturated carbocycles. The molecule has 0 aromatic heterocycles. The first-order chi connectivity index (χ1) is 9.39. The highest BCUT2D eigenvalue weighted by molar-refractivity contribution is 9.10. The second-order valence-corrected chi connectivity index (χ2v) is 5.73. The van der Waals surface area contributed by atoms with E-state index in [0.717, 1.165) is 0 Å². The summed E-state index contributed by atoms with van der Waals surface area (Å²) in [5, 5.41) is 10.7. The predicted molar refractivity (Wildman–Crippen MR) is 80.8 cm³/mol. The second kappa shape index (κ2) is 5.72. The smallest absolute Gasteiger partial charge is 0.149 e. The van der Waals surface area contributed by atoms with E-state index in [1.807, 2.05) is 0 Å². The average Bonchev–Trinajstić information content (AvgIpc) is 2.44. The third-order valence-corrected chi connectivity index (χ3v) is 4.45. The largest absolute Gasteiger partial charge is 0.496 e. The van der Waals surface area contributed by atoms with E-state index < -0.39 is 11.4 Å². The number of hydrogen-bond acceptors (Lipinski definition) is 2. The Kier molecular flexibility index (Phi) is 4.37. The molecule has 5 heteroatoms. The molecule has 1 unspecified atom stereocenters. The molecule has 0 fully saturated rings. The Morgan fingerprint density at radius 3 is 2.50 bits per heavy atom. The van der Waals surface area contributed by atoms with Gasteiger partial charge in [-0.15, -0.1) is 0 Å². The molecular weight excluding hydrogens is 347 g/mol. The SMILES string of the molecule is COc1ccccc1C(C)(O)c1ccc(Br)c(Cl)c1F. The van der Waals surface area contributed by atoms with Crippen molar-refractivity contribution in [2.24, 2.45) is 0 Å². The number of rotatable bonds is 3. The van der Waals surface area contributed by atoms with Crippen molar-refractivity contribution < 1.29 is 14.2 Å². The zero-order valence-electron chi connectivity index (χ0n) is 11.0. The molecule has 1 atom stereocenters. The number of para-hydroxylation sites is 1. The molecule has 0 heterocycles. The molecule has 2 aromatic carbocycles. The lowest BCUT2D eigenvalue weighted by Gasteiger charge is -2.27. The van der Waals surface area contributed by atoms with Crippen LogP contribution < -0.4 is 4.74 Å². The van der Waals surface area contributed by atoms with Crippen LogP contribution >= 0.6 is 27.5 Å². The highest BCUT2D eigenvalue weighted by Gasteiger charge is 2.32. The number of hydrogen-bond donors (Lipinski definition) is 1. The van der Waals surface area contributed by atoms with Crippen LogP contribution in [0.3, 0.4) is 0 Å². The summed E-state index contributed by atoms with van der Waals surface area (Å²) in [6.07, 6.45) is 0. The van der Waals surface area contributed by atoms with Crippen LogP contribution in [0.15, 0.2) is 40.9 Å². The number of halogens is 3. The monoisotopic (exact) mass is 358 g/mol. The van der Waals surface area contributed by atoms with Gasteiger partial charge in [-0.05, 0) is 35.0 Å². The first-order valence-corrected chi connectivity index (χ1v) is 7.06. The van der Waals surface area contributed by atoms with Gasteiger partial charge in [-0.3, -0.25) is 0 Å². The van der Waals surface area contributed by atoms with Gasteiger partial charge in [-0.25, -0.2) is 4.39 Å². The quantitative estimate of drug-likeness (QED) is 0.817. The van der Waals surface area contributed by atoms with Gasteiger partial charge < -0.3 is 9.84 Å². The average molecular weight is 360 g/mol. The van der Waals surface area contributed by atoms with Gasteiger partial charge in [0.1, 0.15) is 17.2 Å². The van der Waals surface area contributed by atoms with E-state index >= 15 is 0 Å². The molecule has 0 aliphatic carbocycles. The topological polar surface area (TPSA) is 29.5 Å². The van der Waals surface area contributed by atoms with Crippen molar-refractivity contribution in [2.75, 3.05) is 7.11 Å². The zero-order chi connectivity index (χ0) is 14.9. The summed E-state index contributed by atoms with van der Waals surface area (Å²) in [6, 6.07) is 10.0. The summed E-state index contributed by atoms with van der Waals surface area (Å²) in [4.78, 5) is 0. The molecule has 0 spiro atoms. The van der Waals surface area contributed by atoms with Crippen LogP contribution in [0.5, 0.6) is 5.75 Å². The minimum absolute atomic E-state index is 0.0577. The van der Waals surface area contributed by atoms with Crippen molar-refractivity contribution >= 4 is 27.5 Å². The lowest BCUT2D eigenvalue weighted by Crippen LogP contribution is -2.25. The first kappa shape index (κ1) is 15.3. The van der Waals surface area contributed by atoms with Crippen LogP contribution in [0.25, 0.3) is 0 Å². The van der Waals surface area contributed by atoms with Gasteiger partial charge >= 0.3 is 0 Å². The summed E-state index contributed by atoms with van der Waals surface area (Å²) < 4.78 is 20.0. The van der Waals surface area contributed by atoms with Gasteiger partial charge in [0.2, 0.25) is 0 Å². The Hall–Kier alpha value is -1.10. The highest BCUT2D eigenvalue weighted by atomic mass is 79.9. The zero-order valence-corrected chi connectivity index (χ0v) is 13.3. The molecule has 106 valence electrons. The molecular formula is C15H13BrClFO2. The van der Waals surface area contributed by atoms with E-state index in [9.17, 15) is 9.50 Å². The van der Waals surface area contributed by atoms with Crippen LogP contribution in [-0.4, -0.2) is 12.2 Å². The minimum Gasteiger partial charge on any atom is -0.496 e. The summed E-state index contributed by atoms with van der Waals surface area (Å²) in [6.45, 7) is 1.51. The van der Waals surface area contributed by atoms with E-state index in [4.69, 9.17) is 16.3 Å². The number of methoxy groups -OCH3 is 1. The lowest BCUT2D eigenvalue weighted by atomic mass is 9.87. The normalized spacial score (nSPS) is 13.9. The Labute approximate surface area is 130 Å². The van der Waals surface area contributed by atoms with Gasteiger partial charge in [0, 0.05) is 15.6 Å². The van der Waals surface area contributed by atoms with Crippen molar-refractivity contribution in [1.82, 2.24) is 0 Å². The fourth-order valence-corrected chi connectivity index (χ4v) is 2.56. The lowest BCUT2D eigenvalue weighted by molar-refractivity contribution is 0.0948. The van der Waals surface area contributed by atoms with E-state index in [-0.39, 0.29) is 10.6 Å². The van der Waals surface area contributed by atoms with Crippen molar-refractivity contribution in [1.29, 1.82) is 0 Å². The van der Waals surface area contributed by atoms with Crippen LogP contribution in [0, 0.1) is 5.82 Å². The molecule has 2 rings (SSSR count). The Morgan fingerprint density at radius 1 is 1.20 bits per heavy atom. The summed E-state index contributed by atoms with van der Waals surface area (Å²) >= 11 is 9.04. The molecule has 0 amide bonds. The summed E-state index contributed by atoms with van der Waals surface area (Å²) in [5.41, 5.74) is -0.990. The van der Waals surface area contributed by atoms with Crippen molar-refractivity contribution in [3.63, 3.8) is 0 Å². The van der Waals surface area contributed by atoms with Crippen LogP contribution in [0.1, 0.15) is 18.1 Å². The van der Waals surface area contributed by atoms with E-state index in [1.54, 1.807) is 30.3 Å². The summed E-state index contributed by atoms with van der Waals surface area (Å²) in [5.74, 6) is -0.173. The van der Waals surface area contributed by atoms with E-state index in [2.05, 4.69) is 15.9 Å². The molecule has 0 saturated heterocycles. The van der Waals surface area contributed by atoms with Crippen molar-refractivity contribution in [2.45, 2.75) is 12.5 Å². The van der Waals surface area contributed by atoms with Gasteiger partial charge in [-0.1, -0.05) is 35.9 Å². The van der Waals surface area contributed by atoms with Gasteiger partial charge in [-0.2, -0.15) is 0 Å². The first-order valence-electron chi connectivity index (χ1n) is 5.89. The maximum absolute atomic E-state index is 14.3. The Balaban J connectivity index is 2.64. The van der Waals surface area contributed by atoms with Gasteiger partial charge in [0.05, 0.1) is 12.1 Å². The molecule has 20 heavy (non-hydrogen) atoms. The molecule has 0 radical (unpaired) electrons. The molecule has 0 bridgehead atoms. The van der Waals surface area contributed by atoms with Crippen LogP contribution in [0.4, 0.5) is 4.39 Å². The predicted octanol–water partition coefficient (Wildman–Crippen LogP) is 4.51. The van der Waals surface area contributed by atoms with Crippen LogP contribution in [0.2, 0.25) is 5.02 Å². The fourth-order valence-electron chi connectivity index (χ4n) is 2.09. The molecule has 2 aromatic rings. The van der Waals surface area contributed by atoms with E-state index in [0.29, 0.717) is 15.8 Å². The van der Waals surface area contributed by atoms with Crippen LogP contribution in [-0.2, 0) is 5.60 Å². The third kappa shape index (κ3) is 2.55.